The molecular weight excluding hydrogens is 220 g/mol. The van der Waals surface area contributed by atoms with Gasteiger partial charge < -0.3 is 9.84 Å². The zero-order chi connectivity index (χ0) is 11.8. The molecule has 86 valence electrons. The summed E-state index contributed by atoms with van der Waals surface area (Å²) in [5.74, 6) is -0.483. The third-order valence-electron chi connectivity index (χ3n) is 2.71. The van der Waals surface area contributed by atoms with E-state index in [1.165, 1.54) is 0 Å². The number of carboxylic acid groups (broad SMARTS) is 1. The third kappa shape index (κ3) is 1.47. The molecule has 0 radical (unpaired) electrons. The second-order valence-corrected chi connectivity index (χ2v) is 3.77. The van der Waals surface area contributed by atoms with Gasteiger partial charge in [-0.25, -0.2) is 9.48 Å². The van der Waals surface area contributed by atoms with Crippen molar-refractivity contribution in [3.8, 4) is 17.0 Å². The van der Waals surface area contributed by atoms with E-state index in [0.717, 1.165) is 5.56 Å². The summed E-state index contributed by atoms with van der Waals surface area (Å²) in [4.78, 5) is 11.2. The summed E-state index contributed by atoms with van der Waals surface area (Å²) < 4.78 is 7.05. The largest absolute Gasteiger partial charge is 0.476 e. The molecule has 1 N–H and O–H groups in total. The molecular formula is C12H10N2O3. The maximum Gasteiger partial charge on any atom is 0.357 e. The van der Waals surface area contributed by atoms with Crippen LogP contribution in [0.25, 0.3) is 11.1 Å². The molecule has 0 bridgehead atoms. The third-order valence-corrected chi connectivity index (χ3v) is 2.71. The van der Waals surface area contributed by atoms with Gasteiger partial charge in [-0.2, -0.15) is 5.10 Å². The summed E-state index contributed by atoms with van der Waals surface area (Å²) in [6.45, 7) is 1.14. The molecule has 0 amide bonds. The monoisotopic (exact) mass is 230 g/mol. The molecule has 5 heteroatoms. The molecule has 0 saturated heterocycles. The first-order chi connectivity index (χ1) is 8.27. The number of carboxylic acids is 1. The summed E-state index contributed by atoms with van der Waals surface area (Å²) in [5, 5.41) is 13.2. The smallest absolute Gasteiger partial charge is 0.357 e. The van der Waals surface area contributed by atoms with E-state index in [2.05, 4.69) is 5.10 Å². The van der Waals surface area contributed by atoms with Crippen LogP contribution >= 0.6 is 0 Å². The highest BCUT2D eigenvalue weighted by Gasteiger charge is 2.27. The Bertz CT molecular complexity index is 575. The van der Waals surface area contributed by atoms with Gasteiger partial charge in [0.25, 0.3) is 0 Å². The number of hydrogen-bond acceptors (Lipinski definition) is 3. The first-order valence-electron chi connectivity index (χ1n) is 5.29. The van der Waals surface area contributed by atoms with Crippen LogP contribution in [0.4, 0.5) is 0 Å². The van der Waals surface area contributed by atoms with Gasteiger partial charge in [0.1, 0.15) is 6.61 Å². The molecule has 5 nitrogen and oxygen atoms in total. The Morgan fingerprint density at radius 2 is 2.12 bits per heavy atom. The molecule has 0 spiro atoms. The van der Waals surface area contributed by atoms with E-state index in [-0.39, 0.29) is 5.69 Å². The SMILES string of the molecule is O=C(O)c1nn2c(c1-c1ccccc1)OCC2. The Morgan fingerprint density at radius 1 is 1.35 bits per heavy atom. The predicted octanol–water partition coefficient (Wildman–Crippen LogP) is 1.64. The average Bonchev–Trinajstić information content (AvgIpc) is 2.89. The Labute approximate surface area is 97.3 Å². The van der Waals surface area contributed by atoms with Crippen LogP contribution in [-0.2, 0) is 6.54 Å². The molecule has 1 aromatic heterocycles. The summed E-state index contributed by atoms with van der Waals surface area (Å²) >= 11 is 0. The van der Waals surface area contributed by atoms with Gasteiger partial charge in [0.2, 0.25) is 5.88 Å². The van der Waals surface area contributed by atoms with Crippen molar-refractivity contribution >= 4 is 5.97 Å². The molecule has 2 heterocycles. The van der Waals surface area contributed by atoms with Crippen molar-refractivity contribution in [1.82, 2.24) is 9.78 Å². The number of carbonyl (C=O) groups is 1. The summed E-state index contributed by atoms with van der Waals surface area (Å²) in [7, 11) is 0. The lowest BCUT2D eigenvalue weighted by Gasteiger charge is -2.02. The highest BCUT2D eigenvalue weighted by molar-refractivity contribution is 5.95. The first kappa shape index (κ1) is 9.89. The highest BCUT2D eigenvalue weighted by atomic mass is 16.5. The lowest BCUT2D eigenvalue weighted by molar-refractivity contribution is 0.0690. The topological polar surface area (TPSA) is 64.3 Å². The summed E-state index contributed by atoms with van der Waals surface area (Å²) in [5.41, 5.74) is 1.43. The first-order valence-corrected chi connectivity index (χ1v) is 5.29. The van der Waals surface area contributed by atoms with Crippen LogP contribution in [0.3, 0.4) is 0 Å². The fourth-order valence-corrected chi connectivity index (χ4v) is 1.99. The molecule has 3 rings (SSSR count). The van der Waals surface area contributed by atoms with E-state index in [9.17, 15) is 4.79 Å². The Balaban J connectivity index is 2.24. The number of aromatic nitrogens is 2. The van der Waals surface area contributed by atoms with Crippen LogP contribution in [-0.4, -0.2) is 27.5 Å². The number of rotatable bonds is 2. The van der Waals surface area contributed by atoms with Crippen molar-refractivity contribution in [3.63, 3.8) is 0 Å². The lowest BCUT2D eigenvalue weighted by atomic mass is 10.1. The van der Waals surface area contributed by atoms with Crippen LogP contribution in [0.2, 0.25) is 0 Å². The fraction of sp³-hybridized carbons (Fsp3) is 0.167. The van der Waals surface area contributed by atoms with Gasteiger partial charge in [-0.05, 0) is 5.56 Å². The Morgan fingerprint density at radius 3 is 2.82 bits per heavy atom. The highest BCUT2D eigenvalue weighted by Crippen LogP contribution is 2.35. The number of nitrogens with zero attached hydrogens (tertiary/aromatic N) is 2. The Hall–Kier alpha value is -2.30. The van der Waals surface area contributed by atoms with Crippen molar-refractivity contribution in [3.05, 3.63) is 36.0 Å². The van der Waals surface area contributed by atoms with E-state index < -0.39 is 5.97 Å². The van der Waals surface area contributed by atoms with E-state index in [1.54, 1.807) is 4.68 Å². The molecule has 1 aromatic carbocycles. The molecule has 0 aliphatic carbocycles. The van der Waals surface area contributed by atoms with Crippen LogP contribution < -0.4 is 4.74 Å². The van der Waals surface area contributed by atoms with Crippen LogP contribution in [0.1, 0.15) is 10.5 Å². The Kier molecular flexibility index (Phi) is 2.11. The molecule has 0 saturated carbocycles. The quantitative estimate of drug-likeness (QED) is 0.851. The standard InChI is InChI=1S/C12H10N2O3/c15-12(16)10-9(8-4-2-1-3-5-8)11-14(13-10)6-7-17-11/h1-5H,6-7H2,(H,15,16). The molecule has 17 heavy (non-hydrogen) atoms. The van der Waals surface area contributed by atoms with Gasteiger partial charge >= 0.3 is 5.97 Å². The number of ether oxygens (including phenoxy) is 1. The van der Waals surface area contributed by atoms with Crippen molar-refractivity contribution in [1.29, 1.82) is 0 Å². The van der Waals surface area contributed by atoms with Gasteiger partial charge in [0.05, 0.1) is 12.1 Å². The van der Waals surface area contributed by atoms with E-state index in [1.807, 2.05) is 30.3 Å². The maximum absolute atomic E-state index is 11.2. The minimum absolute atomic E-state index is 0.0471. The average molecular weight is 230 g/mol. The molecule has 0 fully saturated rings. The molecule has 0 atom stereocenters. The number of aromatic carboxylic acids is 1. The second-order valence-electron chi connectivity index (χ2n) is 3.77. The van der Waals surface area contributed by atoms with Crippen molar-refractivity contribution < 1.29 is 14.6 Å². The van der Waals surface area contributed by atoms with E-state index in [4.69, 9.17) is 9.84 Å². The van der Waals surface area contributed by atoms with E-state index >= 15 is 0 Å². The zero-order valence-corrected chi connectivity index (χ0v) is 8.96. The maximum atomic E-state index is 11.2. The second kappa shape index (κ2) is 3.62. The normalized spacial score (nSPS) is 13.2. The fourth-order valence-electron chi connectivity index (χ4n) is 1.99. The zero-order valence-electron chi connectivity index (χ0n) is 8.96. The van der Waals surface area contributed by atoms with Crippen LogP contribution in [0.5, 0.6) is 5.88 Å². The molecule has 2 aromatic rings. The van der Waals surface area contributed by atoms with Gasteiger partial charge in [-0.3, -0.25) is 0 Å². The van der Waals surface area contributed by atoms with Crippen molar-refractivity contribution in [2.75, 3.05) is 6.61 Å². The number of benzene rings is 1. The minimum atomic E-state index is -1.03. The molecule has 1 aliphatic heterocycles. The van der Waals surface area contributed by atoms with Crippen LogP contribution in [0.15, 0.2) is 30.3 Å². The summed E-state index contributed by atoms with van der Waals surface area (Å²) in [6, 6.07) is 9.31. The minimum Gasteiger partial charge on any atom is -0.476 e. The summed E-state index contributed by atoms with van der Waals surface area (Å²) in [6.07, 6.45) is 0. The molecule has 1 aliphatic rings. The molecule has 0 unspecified atom stereocenters. The van der Waals surface area contributed by atoms with Gasteiger partial charge in [0, 0.05) is 0 Å². The van der Waals surface area contributed by atoms with Crippen molar-refractivity contribution in [2.45, 2.75) is 6.54 Å². The van der Waals surface area contributed by atoms with Crippen molar-refractivity contribution in [2.24, 2.45) is 0 Å². The number of fused-ring (bicyclic) bond motifs is 1. The van der Waals surface area contributed by atoms with Crippen LogP contribution in [0, 0.1) is 0 Å². The van der Waals surface area contributed by atoms with Gasteiger partial charge in [-0.15, -0.1) is 0 Å². The predicted molar refractivity (Wildman–Crippen MR) is 60.1 cm³/mol. The number of hydrogen-bond donors (Lipinski definition) is 1. The van der Waals surface area contributed by atoms with E-state index in [0.29, 0.717) is 24.6 Å². The lowest BCUT2D eigenvalue weighted by Crippen LogP contribution is -2.04. The van der Waals surface area contributed by atoms with Gasteiger partial charge in [0.15, 0.2) is 5.69 Å². The van der Waals surface area contributed by atoms with Gasteiger partial charge in [-0.1, -0.05) is 30.3 Å².